The summed E-state index contributed by atoms with van der Waals surface area (Å²) < 4.78 is 29.8. The molecule has 0 aliphatic carbocycles. The van der Waals surface area contributed by atoms with E-state index >= 15 is 0 Å². The summed E-state index contributed by atoms with van der Waals surface area (Å²) in [6.45, 7) is 1.46. The summed E-state index contributed by atoms with van der Waals surface area (Å²) >= 11 is 1.41. The van der Waals surface area contributed by atoms with Crippen LogP contribution in [0.25, 0.3) is 0 Å². The van der Waals surface area contributed by atoms with E-state index in [0.717, 1.165) is 0 Å². The quantitative estimate of drug-likeness (QED) is 0.500. The summed E-state index contributed by atoms with van der Waals surface area (Å²) in [6, 6.07) is 1.68. The number of thiophene rings is 1. The standard InChI is InChI=1S/C6H8O3S2.Na.H/c1-5(11(7,8)9)6-2-3-10-4-6;;/h2-5H,1H3,(H,7,8,9);;/q;+1;-1. The number of hydrogen-bond donors (Lipinski definition) is 1. The molecule has 0 aliphatic heterocycles. The normalized spacial score (nSPS) is 13.5. The molecule has 1 unspecified atom stereocenters. The van der Waals surface area contributed by atoms with Crippen LogP contribution in [0.4, 0.5) is 0 Å². The van der Waals surface area contributed by atoms with Gasteiger partial charge in [0, 0.05) is 0 Å². The molecule has 12 heavy (non-hydrogen) atoms. The van der Waals surface area contributed by atoms with Crippen molar-refractivity contribution in [3.63, 3.8) is 0 Å². The topological polar surface area (TPSA) is 54.4 Å². The Balaban J connectivity index is 0. The molecule has 64 valence electrons. The Kier molecular flexibility index (Phi) is 4.98. The Morgan fingerprint density at radius 1 is 1.67 bits per heavy atom. The van der Waals surface area contributed by atoms with Crippen molar-refractivity contribution < 1.29 is 44.0 Å². The monoisotopic (exact) mass is 216 g/mol. The average Bonchev–Trinajstić information content (AvgIpc) is 2.34. The van der Waals surface area contributed by atoms with Crippen molar-refractivity contribution in [2.24, 2.45) is 0 Å². The minimum Gasteiger partial charge on any atom is -1.00 e. The number of rotatable bonds is 2. The molecular weight excluding hydrogens is 207 g/mol. The third-order valence-corrected chi connectivity index (χ3v) is 3.33. The van der Waals surface area contributed by atoms with Crippen LogP contribution in [0.5, 0.6) is 0 Å². The predicted octanol–water partition coefficient (Wildman–Crippen LogP) is -1.19. The van der Waals surface area contributed by atoms with Crippen LogP contribution in [0, 0.1) is 0 Å². The van der Waals surface area contributed by atoms with Crippen molar-refractivity contribution in [3.05, 3.63) is 22.4 Å². The predicted molar refractivity (Wildman–Crippen MR) is 45.4 cm³/mol. The summed E-state index contributed by atoms with van der Waals surface area (Å²) in [5.41, 5.74) is 0.637. The van der Waals surface area contributed by atoms with Gasteiger partial charge in [0.15, 0.2) is 0 Å². The molecule has 0 spiro atoms. The van der Waals surface area contributed by atoms with Crippen LogP contribution in [0.3, 0.4) is 0 Å². The van der Waals surface area contributed by atoms with Crippen LogP contribution in [0.15, 0.2) is 16.8 Å². The van der Waals surface area contributed by atoms with Crippen LogP contribution in [-0.2, 0) is 10.1 Å². The van der Waals surface area contributed by atoms with Crippen LogP contribution in [-0.4, -0.2) is 13.0 Å². The van der Waals surface area contributed by atoms with Gasteiger partial charge in [-0.05, 0) is 29.3 Å². The van der Waals surface area contributed by atoms with Gasteiger partial charge in [-0.25, -0.2) is 0 Å². The molecular formula is C6H9NaO3S2. The third kappa shape index (κ3) is 3.16. The van der Waals surface area contributed by atoms with E-state index < -0.39 is 15.4 Å². The van der Waals surface area contributed by atoms with Gasteiger partial charge < -0.3 is 1.43 Å². The minimum absolute atomic E-state index is 0. The first-order chi connectivity index (χ1) is 5.02. The fourth-order valence-corrected chi connectivity index (χ4v) is 2.01. The summed E-state index contributed by atoms with van der Waals surface area (Å²) in [6.07, 6.45) is 0. The van der Waals surface area contributed by atoms with Gasteiger partial charge in [-0.3, -0.25) is 4.55 Å². The second-order valence-electron chi connectivity index (χ2n) is 2.21. The van der Waals surface area contributed by atoms with E-state index in [2.05, 4.69) is 0 Å². The molecule has 1 aromatic heterocycles. The molecule has 0 amide bonds. The van der Waals surface area contributed by atoms with Gasteiger partial charge in [-0.1, -0.05) is 0 Å². The van der Waals surface area contributed by atoms with Gasteiger partial charge in [-0.2, -0.15) is 19.8 Å². The van der Waals surface area contributed by atoms with Crippen LogP contribution in [0.1, 0.15) is 19.2 Å². The van der Waals surface area contributed by atoms with Gasteiger partial charge in [-0.15, -0.1) is 0 Å². The first-order valence-electron chi connectivity index (χ1n) is 3.00. The van der Waals surface area contributed by atoms with Gasteiger partial charge in [0.05, 0.1) is 0 Å². The second-order valence-corrected chi connectivity index (χ2v) is 4.73. The molecule has 1 heterocycles. The van der Waals surface area contributed by atoms with Crippen molar-refractivity contribution in [1.82, 2.24) is 0 Å². The van der Waals surface area contributed by atoms with E-state index in [1.165, 1.54) is 18.3 Å². The van der Waals surface area contributed by atoms with E-state index in [9.17, 15) is 8.42 Å². The van der Waals surface area contributed by atoms with E-state index in [1.807, 2.05) is 0 Å². The van der Waals surface area contributed by atoms with Crippen molar-refractivity contribution in [2.75, 3.05) is 0 Å². The maximum absolute atomic E-state index is 10.6. The maximum Gasteiger partial charge on any atom is 1.00 e. The fraction of sp³-hybridized carbons (Fsp3) is 0.333. The van der Waals surface area contributed by atoms with E-state index in [1.54, 1.807) is 16.8 Å². The second kappa shape index (κ2) is 4.74. The van der Waals surface area contributed by atoms with Gasteiger partial charge in [0.2, 0.25) is 0 Å². The molecule has 0 fully saturated rings. The van der Waals surface area contributed by atoms with Crippen LogP contribution in [0.2, 0.25) is 0 Å². The zero-order valence-electron chi connectivity index (χ0n) is 7.89. The Morgan fingerprint density at radius 2 is 2.25 bits per heavy atom. The number of hydrogen-bond acceptors (Lipinski definition) is 3. The van der Waals surface area contributed by atoms with Gasteiger partial charge >= 0.3 is 29.6 Å². The summed E-state index contributed by atoms with van der Waals surface area (Å²) in [5.74, 6) is 0. The zero-order chi connectivity index (χ0) is 8.48. The Morgan fingerprint density at radius 3 is 2.58 bits per heavy atom. The maximum atomic E-state index is 10.6. The molecule has 0 aromatic carbocycles. The SMILES string of the molecule is CC(c1ccsc1)S(=O)(=O)O.[H-].[Na+]. The Labute approximate surface area is 99.3 Å². The third-order valence-electron chi connectivity index (χ3n) is 1.46. The zero-order valence-corrected chi connectivity index (χ0v) is 10.5. The van der Waals surface area contributed by atoms with Crippen molar-refractivity contribution in [3.8, 4) is 0 Å². The Bertz CT molecular complexity index is 322. The molecule has 1 aromatic rings. The minimum atomic E-state index is -3.92. The van der Waals surface area contributed by atoms with E-state index in [-0.39, 0.29) is 31.0 Å². The molecule has 0 aliphatic rings. The van der Waals surface area contributed by atoms with Crippen LogP contribution >= 0.6 is 11.3 Å². The first kappa shape index (κ1) is 12.6. The molecule has 0 saturated heterocycles. The van der Waals surface area contributed by atoms with Gasteiger partial charge in [0.1, 0.15) is 5.25 Å². The van der Waals surface area contributed by atoms with Crippen molar-refractivity contribution in [2.45, 2.75) is 12.2 Å². The molecule has 6 heteroatoms. The average molecular weight is 216 g/mol. The van der Waals surface area contributed by atoms with Crippen LogP contribution < -0.4 is 29.6 Å². The largest absolute Gasteiger partial charge is 1.00 e. The summed E-state index contributed by atoms with van der Waals surface area (Å²) in [5, 5.41) is 2.67. The fourth-order valence-electron chi connectivity index (χ4n) is 0.678. The first-order valence-corrected chi connectivity index (χ1v) is 5.45. The molecule has 0 bridgehead atoms. The molecule has 3 nitrogen and oxygen atoms in total. The van der Waals surface area contributed by atoms with Crippen molar-refractivity contribution >= 4 is 21.5 Å². The smallest absolute Gasteiger partial charge is 1.00 e. The molecule has 1 atom stereocenters. The van der Waals surface area contributed by atoms with Crippen molar-refractivity contribution in [1.29, 1.82) is 0 Å². The Hall–Kier alpha value is 0.610. The van der Waals surface area contributed by atoms with Gasteiger partial charge in [0.25, 0.3) is 10.1 Å². The van der Waals surface area contributed by atoms with E-state index in [4.69, 9.17) is 4.55 Å². The molecule has 1 N–H and O–H groups in total. The summed E-state index contributed by atoms with van der Waals surface area (Å²) in [7, 11) is -3.92. The summed E-state index contributed by atoms with van der Waals surface area (Å²) in [4.78, 5) is 0. The van der Waals surface area contributed by atoms with E-state index in [0.29, 0.717) is 5.56 Å². The molecule has 1 rings (SSSR count). The molecule has 0 saturated carbocycles. The molecule has 0 radical (unpaired) electrons.